The van der Waals surface area contributed by atoms with E-state index in [1.54, 1.807) is 6.20 Å². The normalized spacial score (nSPS) is 10.2. The fourth-order valence-corrected chi connectivity index (χ4v) is 1.65. The highest BCUT2D eigenvalue weighted by molar-refractivity contribution is 5.57. The molecule has 0 aliphatic rings. The van der Waals surface area contributed by atoms with E-state index in [1.807, 2.05) is 43.3 Å². The van der Waals surface area contributed by atoms with Crippen molar-refractivity contribution in [3.8, 4) is 0 Å². The number of benzene rings is 1. The van der Waals surface area contributed by atoms with Gasteiger partial charge in [0.15, 0.2) is 0 Å². The van der Waals surface area contributed by atoms with Gasteiger partial charge in [0.05, 0.1) is 6.20 Å². The maximum atomic E-state index is 13.0. The molecule has 18 heavy (non-hydrogen) atoms. The molecule has 1 N–H and O–H groups in total. The second-order valence-electron chi connectivity index (χ2n) is 4.31. The molecule has 1 heterocycles. The molecular weight excluding hydrogens is 229 g/mol. The van der Waals surface area contributed by atoms with Crippen LogP contribution in [0.15, 0.2) is 42.7 Å². The van der Waals surface area contributed by atoms with Crippen LogP contribution < -0.4 is 10.2 Å². The van der Waals surface area contributed by atoms with Gasteiger partial charge >= 0.3 is 0 Å². The third-order valence-electron chi connectivity index (χ3n) is 2.62. The second kappa shape index (κ2) is 5.49. The van der Waals surface area contributed by atoms with E-state index in [2.05, 4.69) is 10.3 Å². The van der Waals surface area contributed by atoms with E-state index in [9.17, 15) is 4.39 Å². The minimum Gasteiger partial charge on any atom is -0.381 e. The lowest BCUT2D eigenvalue weighted by molar-refractivity contribution is 0.619. The van der Waals surface area contributed by atoms with Crippen LogP contribution in [0.5, 0.6) is 0 Å². The molecule has 0 saturated carbocycles. The molecule has 0 spiro atoms. The molecule has 94 valence electrons. The van der Waals surface area contributed by atoms with Crippen LogP contribution in [0.25, 0.3) is 0 Å². The molecule has 0 unspecified atom stereocenters. The zero-order valence-corrected chi connectivity index (χ0v) is 10.5. The van der Waals surface area contributed by atoms with Gasteiger partial charge in [0.2, 0.25) is 0 Å². The maximum absolute atomic E-state index is 13.0. The summed E-state index contributed by atoms with van der Waals surface area (Å²) in [6.07, 6.45) is 2.86. The lowest BCUT2D eigenvalue weighted by Gasteiger charge is -2.14. The summed E-state index contributed by atoms with van der Waals surface area (Å²) in [4.78, 5) is 5.86. The summed E-state index contributed by atoms with van der Waals surface area (Å²) in [5, 5.41) is 3.25. The quantitative estimate of drug-likeness (QED) is 0.897. The van der Waals surface area contributed by atoms with Gasteiger partial charge in [0.25, 0.3) is 0 Å². The Morgan fingerprint density at radius 3 is 2.78 bits per heavy atom. The van der Waals surface area contributed by atoms with Gasteiger partial charge in [-0.15, -0.1) is 0 Å². The first-order chi connectivity index (χ1) is 8.65. The highest BCUT2D eigenvalue weighted by Gasteiger charge is 1.99. The minimum absolute atomic E-state index is 0.309. The van der Waals surface area contributed by atoms with Crippen LogP contribution in [-0.2, 0) is 6.54 Å². The van der Waals surface area contributed by atoms with Crippen molar-refractivity contribution >= 4 is 11.4 Å². The number of nitrogens with zero attached hydrogens (tertiary/aromatic N) is 2. The SMILES string of the molecule is CN(C)c1cccc(NCc2cncc(F)c2)c1. The molecule has 0 amide bonds. The molecule has 2 rings (SSSR count). The van der Waals surface area contributed by atoms with Crippen LogP contribution in [0.4, 0.5) is 15.8 Å². The molecule has 0 radical (unpaired) electrons. The Bertz CT molecular complexity index is 526. The summed E-state index contributed by atoms with van der Waals surface area (Å²) in [7, 11) is 3.99. The van der Waals surface area contributed by atoms with Gasteiger partial charge in [-0.2, -0.15) is 0 Å². The summed E-state index contributed by atoms with van der Waals surface area (Å²) < 4.78 is 13.0. The number of anilines is 2. The van der Waals surface area contributed by atoms with Gasteiger partial charge in [-0.05, 0) is 29.8 Å². The first-order valence-corrected chi connectivity index (χ1v) is 5.76. The Balaban J connectivity index is 2.04. The average Bonchev–Trinajstić information content (AvgIpc) is 2.37. The molecule has 0 atom stereocenters. The minimum atomic E-state index is -0.309. The molecular formula is C14H16FN3. The average molecular weight is 245 g/mol. The van der Waals surface area contributed by atoms with Crippen molar-refractivity contribution in [3.63, 3.8) is 0 Å². The molecule has 0 bridgehead atoms. The lowest BCUT2D eigenvalue weighted by atomic mass is 10.2. The van der Waals surface area contributed by atoms with Crippen molar-refractivity contribution in [3.05, 3.63) is 54.1 Å². The summed E-state index contributed by atoms with van der Waals surface area (Å²) in [6.45, 7) is 0.557. The van der Waals surface area contributed by atoms with Crippen LogP contribution >= 0.6 is 0 Å². The van der Waals surface area contributed by atoms with E-state index in [0.29, 0.717) is 6.54 Å². The van der Waals surface area contributed by atoms with E-state index in [-0.39, 0.29) is 5.82 Å². The predicted octanol–water partition coefficient (Wildman–Crippen LogP) is 2.90. The molecule has 1 aromatic carbocycles. The summed E-state index contributed by atoms with van der Waals surface area (Å²) in [5.41, 5.74) is 2.95. The number of rotatable bonds is 4. The van der Waals surface area contributed by atoms with E-state index < -0.39 is 0 Å². The van der Waals surface area contributed by atoms with Crippen molar-refractivity contribution in [1.82, 2.24) is 4.98 Å². The molecule has 0 aliphatic carbocycles. The standard InChI is InChI=1S/C14H16FN3/c1-18(2)14-5-3-4-13(7-14)17-9-11-6-12(15)10-16-8-11/h3-8,10,17H,9H2,1-2H3. The van der Waals surface area contributed by atoms with Crippen molar-refractivity contribution in [2.45, 2.75) is 6.54 Å². The fourth-order valence-electron chi connectivity index (χ4n) is 1.65. The number of aromatic nitrogens is 1. The summed E-state index contributed by atoms with van der Waals surface area (Å²) in [6, 6.07) is 9.54. The van der Waals surface area contributed by atoms with Crippen LogP contribution in [-0.4, -0.2) is 19.1 Å². The van der Waals surface area contributed by atoms with E-state index in [0.717, 1.165) is 16.9 Å². The smallest absolute Gasteiger partial charge is 0.141 e. The number of pyridine rings is 1. The largest absolute Gasteiger partial charge is 0.381 e. The Kier molecular flexibility index (Phi) is 3.77. The van der Waals surface area contributed by atoms with Gasteiger partial charge in [-0.25, -0.2) is 4.39 Å². The van der Waals surface area contributed by atoms with Crippen LogP contribution in [0, 0.1) is 5.82 Å². The number of hydrogen-bond donors (Lipinski definition) is 1. The topological polar surface area (TPSA) is 28.2 Å². The van der Waals surface area contributed by atoms with Crippen LogP contribution in [0.1, 0.15) is 5.56 Å². The van der Waals surface area contributed by atoms with E-state index in [1.165, 1.54) is 12.3 Å². The lowest BCUT2D eigenvalue weighted by Crippen LogP contribution is -2.09. The van der Waals surface area contributed by atoms with Crippen LogP contribution in [0.3, 0.4) is 0 Å². The van der Waals surface area contributed by atoms with Crippen LogP contribution in [0.2, 0.25) is 0 Å². The highest BCUT2D eigenvalue weighted by Crippen LogP contribution is 2.17. The third-order valence-corrected chi connectivity index (χ3v) is 2.62. The van der Waals surface area contributed by atoms with Gasteiger partial charge in [-0.1, -0.05) is 6.07 Å². The van der Waals surface area contributed by atoms with Gasteiger partial charge in [0.1, 0.15) is 5.82 Å². The van der Waals surface area contributed by atoms with Gasteiger partial charge in [0, 0.05) is 38.2 Å². The third kappa shape index (κ3) is 3.20. The zero-order chi connectivity index (χ0) is 13.0. The second-order valence-corrected chi connectivity index (χ2v) is 4.31. The predicted molar refractivity (Wildman–Crippen MR) is 72.3 cm³/mol. The van der Waals surface area contributed by atoms with E-state index >= 15 is 0 Å². The molecule has 0 aliphatic heterocycles. The molecule has 1 aromatic heterocycles. The van der Waals surface area contributed by atoms with Crippen molar-refractivity contribution in [2.24, 2.45) is 0 Å². The Morgan fingerprint density at radius 1 is 1.22 bits per heavy atom. The summed E-state index contributed by atoms with van der Waals surface area (Å²) in [5.74, 6) is -0.309. The molecule has 3 nitrogen and oxygen atoms in total. The first-order valence-electron chi connectivity index (χ1n) is 5.76. The van der Waals surface area contributed by atoms with Crippen molar-refractivity contribution < 1.29 is 4.39 Å². The molecule has 2 aromatic rings. The molecule has 0 fully saturated rings. The van der Waals surface area contributed by atoms with Gasteiger partial charge < -0.3 is 10.2 Å². The maximum Gasteiger partial charge on any atom is 0.141 e. The van der Waals surface area contributed by atoms with E-state index in [4.69, 9.17) is 0 Å². The number of nitrogens with one attached hydrogen (secondary N) is 1. The van der Waals surface area contributed by atoms with Gasteiger partial charge in [-0.3, -0.25) is 4.98 Å². The fraction of sp³-hybridized carbons (Fsp3) is 0.214. The monoisotopic (exact) mass is 245 g/mol. The number of halogens is 1. The zero-order valence-electron chi connectivity index (χ0n) is 10.5. The Labute approximate surface area is 106 Å². The molecule has 4 heteroatoms. The first kappa shape index (κ1) is 12.4. The number of hydrogen-bond acceptors (Lipinski definition) is 3. The Morgan fingerprint density at radius 2 is 2.06 bits per heavy atom. The molecule has 0 saturated heterocycles. The Hall–Kier alpha value is -2.10. The van der Waals surface area contributed by atoms with Crippen molar-refractivity contribution in [2.75, 3.05) is 24.3 Å². The summed E-state index contributed by atoms with van der Waals surface area (Å²) >= 11 is 0. The van der Waals surface area contributed by atoms with Crippen molar-refractivity contribution in [1.29, 1.82) is 0 Å². The highest BCUT2D eigenvalue weighted by atomic mass is 19.1.